The van der Waals surface area contributed by atoms with Gasteiger partial charge in [0.05, 0.1) is 9.23 Å². The lowest BCUT2D eigenvalue weighted by Crippen LogP contribution is -2.26. The van der Waals surface area contributed by atoms with E-state index in [1.54, 1.807) is 19.2 Å². The van der Waals surface area contributed by atoms with Crippen LogP contribution in [0.25, 0.3) is 0 Å². The van der Waals surface area contributed by atoms with Gasteiger partial charge in [0.1, 0.15) is 0 Å². The molecular formula is C14H17ClN2O2S2. The Balaban J connectivity index is 2.33. The topological polar surface area (TPSA) is 63.4 Å². The fraction of sp³-hybridized carbons (Fsp3) is 0.286. The number of anilines is 1. The van der Waals surface area contributed by atoms with Crippen molar-refractivity contribution in [2.75, 3.05) is 12.8 Å². The molecule has 1 heterocycles. The summed E-state index contributed by atoms with van der Waals surface area (Å²) in [5.74, 6) is 0. The van der Waals surface area contributed by atoms with E-state index in [-0.39, 0.29) is 11.4 Å². The first-order valence-electron chi connectivity index (χ1n) is 6.29. The lowest BCUT2D eigenvalue weighted by Gasteiger charge is -2.18. The second-order valence-electron chi connectivity index (χ2n) is 4.92. The van der Waals surface area contributed by atoms with Crippen molar-refractivity contribution in [3.63, 3.8) is 0 Å². The van der Waals surface area contributed by atoms with Gasteiger partial charge in [-0.05, 0) is 49.2 Å². The molecule has 1 aromatic carbocycles. The predicted octanol–water partition coefficient (Wildman–Crippen LogP) is 3.42. The van der Waals surface area contributed by atoms with Crippen LogP contribution in [-0.2, 0) is 16.6 Å². The highest BCUT2D eigenvalue weighted by Gasteiger charge is 2.22. The molecule has 2 rings (SSSR count). The number of nitrogen functional groups attached to an aromatic ring is 1. The van der Waals surface area contributed by atoms with Crippen molar-refractivity contribution in [3.8, 4) is 0 Å². The molecule has 114 valence electrons. The Morgan fingerprint density at radius 1 is 1.29 bits per heavy atom. The molecule has 0 saturated heterocycles. The van der Waals surface area contributed by atoms with Gasteiger partial charge >= 0.3 is 0 Å². The lowest BCUT2D eigenvalue weighted by atomic mass is 10.1. The summed E-state index contributed by atoms with van der Waals surface area (Å²) >= 11 is 7.24. The Morgan fingerprint density at radius 3 is 2.48 bits per heavy atom. The van der Waals surface area contributed by atoms with Gasteiger partial charge in [-0.25, -0.2) is 8.42 Å². The fourth-order valence-electron chi connectivity index (χ4n) is 1.92. The van der Waals surface area contributed by atoms with E-state index in [9.17, 15) is 8.42 Å². The molecule has 0 unspecified atom stereocenters. The quantitative estimate of drug-likeness (QED) is 0.864. The molecule has 7 heteroatoms. The first kappa shape index (κ1) is 16.3. The highest BCUT2D eigenvalue weighted by atomic mass is 35.5. The van der Waals surface area contributed by atoms with Gasteiger partial charge in [-0.3, -0.25) is 0 Å². The molecule has 4 nitrogen and oxygen atoms in total. The van der Waals surface area contributed by atoms with E-state index < -0.39 is 10.0 Å². The normalized spacial score (nSPS) is 12.0. The van der Waals surface area contributed by atoms with E-state index >= 15 is 0 Å². The van der Waals surface area contributed by atoms with Crippen molar-refractivity contribution in [1.82, 2.24) is 4.31 Å². The Hall–Kier alpha value is -1.08. The van der Waals surface area contributed by atoms with E-state index in [1.807, 2.05) is 19.9 Å². The summed E-state index contributed by atoms with van der Waals surface area (Å²) in [5.41, 5.74) is 8.13. The van der Waals surface area contributed by atoms with Gasteiger partial charge in [-0.2, -0.15) is 4.31 Å². The van der Waals surface area contributed by atoms with Crippen molar-refractivity contribution in [2.45, 2.75) is 25.3 Å². The molecule has 0 aliphatic rings. The maximum atomic E-state index is 12.6. The number of thiophene rings is 1. The Labute approximate surface area is 134 Å². The monoisotopic (exact) mass is 344 g/mol. The third kappa shape index (κ3) is 3.40. The molecule has 0 atom stereocenters. The van der Waals surface area contributed by atoms with Crippen LogP contribution >= 0.6 is 22.9 Å². The summed E-state index contributed by atoms with van der Waals surface area (Å²) in [6, 6.07) is 6.75. The lowest BCUT2D eigenvalue weighted by molar-refractivity contribution is 0.469. The molecule has 0 amide bonds. The van der Waals surface area contributed by atoms with E-state index in [0.717, 1.165) is 16.0 Å². The zero-order valence-corrected chi connectivity index (χ0v) is 14.4. The van der Waals surface area contributed by atoms with E-state index in [4.69, 9.17) is 17.3 Å². The summed E-state index contributed by atoms with van der Waals surface area (Å²) in [6.07, 6.45) is 0. The van der Waals surface area contributed by atoms with Crippen LogP contribution in [0.2, 0.25) is 4.34 Å². The second-order valence-corrected chi connectivity index (χ2v) is 8.77. The standard InChI is InChI=1S/C14H17ClN2O2S2/c1-9-6-12(7-13(16)10(9)2)21(18,19)17(3)8-11-4-5-14(15)20-11/h4-7H,8,16H2,1-3H3. The molecule has 0 aliphatic carbocycles. The molecule has 0 spiro atoms. The third-order valence-corrected chi connectivity index (χ3v) is 6.39. The summed E-state index contributed by atoms with van der Waals surface area (Å²) in [5, 5.41) is 0. The summed E-state index contributed by atoms with van der Waals surface area (Å²) in [7, 11) is -2.02. The molecular weight excluding hydrogens is 328 g/mol. The Kier molecular flexibility index (Phi) is 4.63. The number of hydrogen-bond donors (Lipinski definition) is 1. The molecule has 0 aliphatic heterocycles. The van der Waals surface area contributed by atoms with E-state index in [2.05, 4.69) is 0 Å². The second kappa shape index (κ2) is 5.96. The first-order chi connectivity index (χ1) is 9.71. The largest absolute Gasteiger partial charge is 0.398 e. The van der Waals surface area contributed by atoms with Crippen LogP contribution in [-0.4, -0.2) is 19.8 Å². The number of hydrogen-bond acceptors (Lipinski definition) is 4. The highest BCUT2D eigenvalue weighted by molar-refractivity contribution is 7.89. The van der Waals surface area contributed by atoms with Crippen molar-refractivity contribution in [1.29, 1.82) is 0 Å². The number of rotatable bonds is 4. The molecule has 2 aromatic rings. The maximum Gasteiger partial charge on any atom is 0.243 e. The van der Waals surface area contributed by atoms with Gasteiger partial charge in [0.15, 0.2) is 0 Å². The van der Waals surface area contributed by atoms with Gasteiger partial charge in [0.2, 0.25) is 10.0 Å². The number of nitrogens with zero attached hydrogens (tertiary/aromatic N) is 1. The molecule has 0 bridgehead atoms. The van der Waals surface area contributed by atoms with Gasteiger partial charge in [-0.15, -0.1) is 11.3 Å². The van der Waals surface area contributed by atoms with Gasteiger partial charge in [0, 0.05) is 24.2 Å². The number of benzene rings is 1. The van der Waals surface area contributed by atoms with Gasteiger partial charge < -0.3 is 5.73 Å². The molecule has 0 saturated carbocycles. The summed E-state index contributed by atoms with van der Waals surface area (Å²) < 4.78 is 27.2. The first-order valence-corrected chi connectivity index (χ1v) is 8.92. The SMILES string of the molecule is Cc1cc(S(=O)(=O)N(C)Cc2ccc(Cl)s2)cc(N)c1C. The zero-order chi connectivity index (χ0) is 15.8. The highest BCUT2D eigenvalue weighted by Crippen LogP contribution is 2.27. The molecule has 1 aromatic heterocycles. The Bertz CT molecular complexity index is 746. The van der Waals surface area contributed by atoms with Crippen molar-refractivity contribution in [2.24, 2.45) is 0 Å². The van der Waals surface area contributed by atoms with E-state index in [1.165, 1.54) is 21.7 Å². The average Bonchev–Trinajstić information content (AvgIpc) is 2.80. The number of halogens is 1. The maximum absolute atomic E-state index is 12.6. The van der Waals surface area contributed by atoms with Crippen LogP contribution in [0.4, 0.5) is 5.69 Å². The fourth-order valence-corrected chi connectivity index (χ4v) is 4.42. The van der Waals surface area contributed by atoms with Crippen LogP contribution in [0.15, 0.2) is 29.2 Å². The number of sulfonamides is 1. The van der Waals surface area contributed by atoms with Crippen LogP contribution in [0, 0.1) is 13.8 Å². The van der Waals surface area contributed by atoms with E-state index in [0.29, 0.717) is 10.0 Å². The molecule has 21 heavy (non-hydrogen) atoms. The van der Waals surface area contributed by atoms with Crippen LogP contribution in [0.1, 0.15) is 16.0 Å². The van der Waals surface area contributed by atoms with Crippen molar-refractivity contribution < 1.29 is 8.42 Å². The minimum absolute atomic E-state index is 0.216. The number of aryl methyl sites for hydroxylation is 1. The minimum Gasteiger partial charge on any atom is -0.398 e. The van der Waals surface area contributed by atoms with Crippen molar-refractivity contribution >= 4 is 38.6 Å². The van der Waals surface area contributed by atoms with Crippen LogP contribution in [0.5, 0.6) is 0 Å². The predicted molar refractivity (Wildman–Crippen MR) is 88.3 cm³/mol. The minimum atomic E-state index is -3.57. The zero-order valence-electron chi connectivity index (χ0n) is 12.1. The van der Waals surface area contributed by atoms with Crippen molar-refractivity contribution in [3.05, 3.63) is 44.6 Å². The molecule has 2 N–H and O–H groups in total. The number of nitrogens with two attached hydrogens (primary N) is 1. The van der Waals surface area contributed by atoms with Crippen LogP contribution < -0.4 is 5.73 Å². The summed E-state index contributed by atoms with van der Waals surface area (Å²) in [6.45, 7) is 4.01. The van der Waals surface area contributed by atoms with Gasteiger partial charge in [-0.1, -0.05) is 11.6 Å². The molecule has 0 fully saturated rings. The van der Waals surface area contributed by atoms with Crippen LogP contribution in [0.3, 0.4) is 0 Å². The molecule has 0 radical (unpaired) electrons. The summed E-state index contributed by atoms with van der Waals surface area (Å²) in [4.78, 5) is 1.11. The van der Waals surface area contributed by atoms with Gasteiger partial charge in [0.25, 0.3) is 0 Å². The third-order valence-electron chi connectivity index (χ3n) is 3.40. The average molecular weight is 345 g/mol. The Morgan fingerprint density at radius 2 is 1.95 bits per heavy atom. The smallest absolute Gasteiger partial charge is 0.243 e.